The number of nitrogens with zero attached hydrogens (tertiary/aromatic N) is 2. The molecule has 2 aliphatic rings. The van der Waals surface area contributed by atoms with Crippen molar-refractivity contribution in [2.75, 3.05) is 5.32 Å². The molecule has 3 aromatic rings. The molecule has 0 radical (unpaired) electrons. The van der Waals surface area contributed by atoms with Crippen LogP contribution in [0.5, 0.6) is 0 Å². The zero-order valence-electron chi connectivity index (χ0n) is 14.2. The molecule has 5 nitrogen and oxygen atoms in total. The van der Waals surface area contributed by atoms with Gasteiger partial charge in [0.15, 0.2) is 0 Å². The first-order chi connectivity index (χ1) is 12.2. The van der Waals surface area contributed by atoms with E-state index in [2.05, 4.69) is 21.5 Å². The number of benzene rings is 1. The standard InChI is InChI=1S/C19H20N4OS/c1-23-18(14-9-25-10-17(14)22-23)21-19(24)11-6-7-13-12-4-2-3-5-15(12)20-16(13)8-11/h6-8,20H,2-5,9-10H2,1H3,(H,21,24). The highest BCUT2D eigenvalue weighted by molar-refractivity contribution is 7.98. The minimum Gasteiger partial charge on any atom is -0.358 e. The van der Waals surface area contributed by atoms with Gasteiger partial charge < -0.3 is 10.3 Å². The quantitative estimate of drug-likeness (QED) is 0.738. The highest BCUT2D eigenvalue weighted by Crippen LogP contribution is 2.34. The van der Waals surface area contributed by atoms with Gasteiger partial charge in [-0.3, -0.25) is 9.48 Å². The lowest BCUT2D eigenvalue weighted by atomic mass is 9.95. The lowest BCUT2D eigenvalue weighted by Crippen LogP contribution is -2.15. The molecule has 6 heteroatoms. The number of nitrogens with one attached hydrogen (secondary N) is 2. The molecule has 25 heavy (non-hydrogen) atoms. The SMILES string of the molecule is Cn1nc2c(c1NC(=O)c1ccc3c4c([nH]c3c1)CCCC4)CSC2. The van der Waals surface area contributed by atoms with Gasteiger partial charge in [-0.05, 0) is 43.4 Å². The second kappa shape index (κ2) is 5.66. The number of carbonyl (C=O) groups is 1. The first-order valence-electron chi connectivity index (χ1n) is 8.78. The summed E-state index contributed by atoms with van der Waals surface area (Å²) in [6.45, 7) is 0. The molecule has 3 heterocycles. The molecular weight excluding hydrogens is 332 g/mol. The molecule has 0 saturated carbocycles. The molecule has 0 saturated heterocycles. The number of aryl methyl sites for hydroxylation is 3. The van der Waals surface area contributed by atoms with Crippen LogP contribution in [-0.4, -0.2) is 20.7 Å². The van der Waals surface area contributed by atoms with Crippen LogP contribution >= 0.6 is 11.8 Å². The van der Waals surface area contributed by atoms with Crippen molar-refractivity contribution < 1.29 is 4.79 Å². The van der Waals surface area contributed by atoms with Crippen LogP contribution in [0.1, 0.15) is 45.7 Å². The van der Waals surface area contributed by atoms with Gasteiger partial charge in [0.05, 0.1) is 5.69 Å². The van der Waals surface area contributed by atoms with Crippen molar-refractivity contribution in [3.63, 3.8) is 0 Å². The number of anilines is 1. The van der Waals surface area contributed by atoms with Crippen molar-refractivity contribution in [3.8, 4) is 0 Å². The third-order valence-electron chi connectivity index (χ3n) is 5.31. The molecule has 5 rings (SSSR count). The minimum atomic E-state index is -0.0721. The van der Waals surface area contributed by atoms with Gasteiger partial charge in [-0.25, -0.2) is 0 Å². The number of carbonyl (C=O) groups excluding carboxylic acids is 1. The predicted octanol–water partition coefficient (Wildman–Crippen LogP) is 3.78. The summed E-state index contributed by atoms with van der Waals surface area (Å²) in [7, 11) is 1.89. The summed E-state index contributed by atoms with van der Waals surface area (Å²) in [5.41, 5.74) is 6.81. The number of aromatic nitrogens is 3. The van der Waals surface area contributed by atoms with Gasteiger partial charge in [0, 0.05) is 46.3 Å². The Hall–Kier alpha value is -2.21. The van der Waals surface area contributed by atoms with Gasteiger partial charge in [0.25, 0.3) is 5.91 Å². The molecular formula is C19H20N4OS. The first-order valence-corrected chi connectivity index (χ1v) is 9.93. The summed E-state index contributed by atoms with van der Waals surface area (Å²) in [5, 5.41) is 8.84. The molecule has 2 N–H and O–H groups in total. The van der Waals surface area contributed by atoms with Crippen molar-refractivity contribution in [1.29, 1.82) is 0 Å². The van der Waals surface area contributed by atoms with Crippen LogP contribution in [0.3, 0.4) is 0 Å². The fourth-order valence-electron chi connectivity index (χ4n) is 4.03. The van der Waals surface area contributed by atoms with E-state index < -0.39 is 0 Å². The topological polar surface area (TPSA) is 62.7 Å². The lowest BCUT2D eigenvalue weighted by Gasteiger charge is -2.10. The van der Waals surface area contributed by atoms with Gasteiger partial charge in [0.1, 0.15) is 5.82 Å². The lowest BCUT2D eigenvalue weighted by molar-refractivity contribution is 0.102. The number of rotatable bonds is 2. The van der Waals surface area contributed by atoms with E-state index in [1.54, 1.807) is 4.68 Å². The predicted molar refractivity (Wildman–Crippen MR) is 101 cm³/mol. The van der Waals surface area contributed by atoms with Crippen LogP contribution in [0, 0.1) is 0 Å². The van der Waals surface area contributed by atoms with Crippen molar-refractivity contribution in [3.05, 3.63) is 46.3 Å². The number of hydrogen-bond acceptors (Lipinski definition) is 3. The third-order valence-corrected chi connectivity index (χ3v) is 6.28. The van der Waals surface area contributed by atoms with Crippen molar-refractivity contribution >= 4 is 34.4 Å². The molecule has 0 atom stereocenters. The number of amides is 1. The Morgan fingerprint density at radius 1 is 1.24 bits per heavy atom. The Balaban J connectivity index is 1.48. The average molecular weight is 352 g/mol. The fraction of sp³-hybridized carbons (Fsp3) is 0.368. The summed E-state index contributed by atoms with van der Waals surface area (Å²) in [4.78, 5) is 16.3. The van der Waals surface area contributed by atoms with Crippen LogP contribution in [0.2, 0.25) is 0 Å². The van der Waals surface area contributed by atoms with E-state index in [-0.39, 0.29) is 5.91 Å². The van der Waals surface area contributed by atoms with Crippen LogP contribution in [-0.2, 0) is 31.4 Å². The maximum Gasteiger partial charge on any atom is 0.256 e. The smallest absolute Gasteiger partial charge is 0.256 e. The molecule has 1 amide bonds. The first kappa shape index (κ1) is 15.1. The van der Waals surface area contributed by atoms with E-state index >= 15 is 0 Å². The maximum atomic E-state index is 12.8. The second-order valence-electron chi connectivity index (χ2n) is 6.89. The molecule has 2 aromatic heterocycles. The molecule has 0 fully saturated rings. The zero-order valence-corrected chi connectivity index (χ0v) is 15.0. The van der Waals surface area contributed by atoms with Gasteiger partial charge in [-0.2, -0.15) is 16.9 Å². The Morgan fingerprint density at radius 3 is 3.04 bits per heavy atom. The Kier molecular flexibility index (Phi) is 3.41. The summed E-state index contributed by atoms with van der Waals surface area (Å²) in [6.07, 6.45) is 4.76. The Morgan fingerprint density at radius 2 is 2.12 bits per heavy atom. The van der Waals surface area contributed by atoms with Crippen molar-refractivity contribution in [2.24, 2.45) is 7.05 Å². The highest BCUT2D eigenvalue weighted by Gasteiger charge is 2.23. The summed E-state index contributed by atoms with van der Waals surface area (Å²) in [5.74, 6) is 2.60. The molecule has 0 spiro atoms. The van der Waals surface area contributed by atoms with Crippen molar-refractivity contribution in [2.45, 2.75) is 37.2 Å². The number of fused-ring (bicyclic) bond motifs is 4. The summed E-state index contributed by atoms with van der Waals surface area (Å²) < 4.78 is 1.79. The van der Waals surface area contributed by atoms with Crippen LogP contribution < -0.4 is 5.32 Å². The maximum absolute atomic E-state index is 12.8. The fourth-order valence-corrected chi connectivity index (χ4v) is 5.07. The molecule has 1 aromatic carbocycles. The van der Waals surface area contributed by atoms with E-state index in [0.29, 0.717) is 5.56 Å². The molecule has 128 valence electrons. The minimum absolute atomic E-state index is 0.0721. The molecule has 1 aliphatic carbocycles. The van der Waals surface area contributed by atoms with E-state index in [4.69, 9.17) is 0 Å². The number of H-pyrrole nitrogens is 1. The summed E-state index contributed by atoms with van der Waals surface area (Å²) in [6, 6.07) is 6.01. The Labute approximate surface area is 150 Å². The van der Waals surface area contributed by atoms with E-state index in [1.807, 2.05) is 30.9 Å². The largest absolute Gasteiger partial charge is 0.358 e. The van der Waals surface area contributed by atoms with Gasteiger partial charge >= 0.3 is 0 Å². The highest BCUT2D eigenvalue weighted by atomic mass is 32.2. The number of thioether (sulfide) groups is 1. The monoisotopic (exact) mass is 352 g/mol. The average Bonchev–Trinajstić information content (AvgIpc) is 3.29. The van der Waals surface area contributed by atoms with Crippen LogP contribution in [0.25, 0.3) is 10.9 Å². The molecule has 1 aliphatic heterocycles. The van der Waals surface area contributed by atoms with Gasteiger partial charge in [0.2, 0.25) is 0 Å². The number of hydrogen-bond donors (Lipinski definition) is 2. The second-order valence-corrected chi connectivity index (χ2v) is 7.88. The van der Waals surface area contributed by atoms with E-state index in [9.17, 15) is 4.79 Å². The van der Waals surface area contributed by atoms with Gasteiger partial charge in [-0.15, -0.1) is 0 Å². The van der Waals surface area contributed by atoms with E-state index in [0.717, 1.165) is 46.9 Å². The van der Waals surface area contributed by atoms with Crippen LogP contribution in [0.15, 0.2) is 18.2 Å². The van der Waals surface area contributed by atoms with Crippen LogP contribution in [0.4, 0.5) is 5.82 Å². The summed E-state index contributed by atoms with van der Waals surface area (Å²) >= 11 is 1.84. The molecule has 0 unspecified atom stereocenters. The van der Waals surface area contributed by atoms with Crippen molar-refractivity contribution in [1.82, 2.24) is 14.8 Å². The Bertz CT molecular complexity index is 1000. The third kappa shape index (κ3) is 2.39. The zero-order chi connectivity index (χ0) is 17.0. The molecule has 0 bridgehead atoms. The normalized spacial score (nSPS) is 16.0. The number of aromatic amines is 1. The van der Waals surface area contributed by atoms with E-state index in [1.165, 1.54) is 29.5 Å². The van der Waals surface area contributed by atoms with Gasteiger partial charge in [-0.1, -0.05) is 6.07 Å².